The molecule has 0 aliphatic rings. The van der Waals surface area contributed by atoms with Crippen LogP contribution >= 0.6 is 0 Å². The Labute approximate surface area is 568 Å². The Bertz CT molecular complexity index is 2190. The fourth-order valence-electron chi connectivity index (χ4n) is 5.71. The molecule has 0 aromatic rings. The van der Waals surface area contributed by atoms with Crippen molar-refractivity contribution in [2.75, 3.05) is 123 Å². The van der Waals surface area contributed by atoms with Crippen molar-refractivity contribution >= 4 is 71.4 Å². The van der Waals surface area contributed by atoms with Crippen LogP contribution in [0.5, 0.6) is 0 Å². The number of aliphatic hydroxyl groups excluding tert-OH is 6. The number of carbonyl (C=O) groups excluding carboxylic acids is 6. The van der Waals surface area contributed by atoms with Crippen LogP contribution in [-0.4, -0.2) is 336 Å². The second-order valence-electron chi connectivity index (χ2n) is 24.8. The van der Waals surface area contributed by atoms with Crippen molar-refractivity contribution in [1.29, 1.82) is 0 Å². The number of likely N-dealkylation sites (N-methyl/N-ethyl adjacent to an activating group) is 3. The number of nitrogens with zero attached hydrogens (tertiary/aromatic N) is 6. The van der Waals surface area contributed by atoms with Crippen molar-refractivity contribution in [3.63, 3.8) is 0 Å². The van der Waals surface area contributed by atoms with Gasteiger partial charge in [0.25, 0.3) is 0 Å². The molecule has 0 spiro atoms. The largest absolute Gasteiger partial charge is 0.550 e. The summed E-state index contributed by atoms with van der Waals surface area (Å²) in [4.78, 5) is 104. The lowest BCUT2D eigenvalue weighted by Gasteiger charge is -2.39. The molecule has 39 N–H and O–H groups in total. The van der Waals surface area contributed by atoms with E-state index >= 15 is 0 Å². The Kier molecular flexibility index (Phi) is 57.3. The predicted molar refractivity (Wildman–Crippen MR) is 345 cm³/mol. The number of aliphatic imine (C=N–C) groups is 3. The normalized spacial score (nSPS) is 15.3. The number of aliphatic hydroxyl groups is 12. The van der Waals surface area contributed by atoms with Crippen LogP contribution in [-0.2, 0) is 43.2 Å². The molecular formula is C53H118N18O27. The van der Waals surface area contributed by atoms with Crippen molar-refractivity contribution in [2.45, 2.75) is 132 Å². The SMILES string of the molecule is CC(C)CC(=O)[O-].CC(C)CC(=O)[O-].CCCC(=O)[O-].C[N+](C)(C)CCO.C[N+](C)(C)CCO.C[N+](C)(C)CCO.NC(=O)C(O)C(O)(CCN=C(N)N)[C@@](N)(O)C(=O)O.NC(=O)C(O)C(O)(CCN=C(N)N)[C@@](N)(O)C(=O)O.NC(=O)C(O)C(O)(CCN=C(N)N)[C@@](N)(O)C(=O)O. The summed E-state index contributed by atoms with van der Waals surface area (Å²) in [7, 11) is 18.5. The van der Waals surface area contributed by atoms with Crippen molar-refractivity contribution < 1.29 is 149 Å². The summed E-state index contributed by atoms with van der Waals surface area (Å²) in [6, 6.07) is 0. The first kappa shape index (κ1) is 109. The topological polar surface area (TPSA) is 876 Å². The van der Waals surface area contributed by atoms with Crippen LogP contribution in [0.15, 0.2) is 15.0 Å². The van der Waals surface area contributed by atoms with Crippen LogP contribution < -0.4 is 84.1 Å². The molecule has 0 fully saturated rings. The maximum atomic E-state index is 10.9. The van der Waals surface area contributed by atoms with Gasteiger partial charge >= 0.3 is 17.9 Å². The molecule has 582 valence electrons. The van der Waals surface area contributed by atoms with Crippen LogP contribution in [0.4, 0.5) is 0 Å². The van der Waals surface area contributed by atoms with Gasteiger partial charge in [0.1, 0.15) is 19.6 Å². The summed E-state index contributed by atoms with van der Waals surface area (Å²) >= 11 is 0. The molecule has 98 heavy (non-hydrogen) atoms. The summed E-state index contributed by atoms with van der Waals surface area (Å²) in [5.74, 6) is -14.2. The third-order valence-electron chi connectivity index (χ3n) is 11.4. The van der Waals surface area contributed by atoms with E-state index in [0.717, 1.165) is 33.1 Å². The molecule has 0 bridgehead atoms. The summed E-state index contributed by atoms with van der Waals surface area (Å²) in [6.45, 7) is 11.3. The molecule has 0 aromatic carbocycles. The number of hydrogen-bond acceptors (Lipinski definition) is 30. The molecular weight excluding hydrogens is 1320 g/mol. The lowest BCUT2D eigenvalue weighted by atomic mass is 9.81. The fraction of sp³-hybridized carbons (Fsp3) is 0.774. The molecule has 0 heterocycles. The minimum Gasteiger partial charge on any atom is -0.550 e. The molecule has 9 atom stereocenters. The highest BCUT2D eigenvalue weighted by molar-refractivity contribution is 5.86. The Hall–Kier alpha value is -7.68. The number of quaternary nitrogens is 3. The van der Waals surface area contributed by atoms with E-state index in [-0.39, 0.29) is 68.8 Å². The number of carboxylic acids is 6. The predicted octanol–water partition coefficient (Wildman–Crippen LogP) is -17.0. The number of carbonyl (C=O) groups is 9. The number of amides is 3. The number of primary amides is 3. The Morgan fingerprint density at radius 2 is 0.582 bits per heavy atom. The molecule has 45 nitrogen and oxygen atoms in total. The number of guanidine groups is 3. The van der Waals surface area contributed by atoms with E-state index in [1.165, 1.54) is 0 Å². The Morgan fingerprint density at radius 1 is 0.398 bits per heavy atom. The maximum Gasteiger partial charge on any atom is 0.354 e. The maximum absolute atomic E-state index is 10.9. The first-order valence-electron chi connectivity index (χ1n) is 28.9. The van der Waals surface area contributed by atoms with Gasteiger partial charge in [0.05, 0.1) is 83.2 Å². The number of nitrogens with two attached hydrogens (primary N) is 12. The summed E-state index contributed by atoms with van der Waals surface area (Å²) in [5.41, 5.74) is 40.5. The van der Waals surface area contributed by atoms with Gasteiger partial charge in [0.2, 0.25) is 34.9 Å². The highest BCUT2D eigenvalue weighted by Gasteiger charge is 2.61. The van der Waals surface area contributed by atoms with Gasteiger partial charge in [0, 0.05) is 56.8 Å². The third kappa shape index (κ3) is 54.3. The Morgan fingerprint density at radius 3 is 0.643 bits per heavy atom. The summed E-state index contributed by atoms with van der Waals surface area (Å²) in [6.07, 6.45) is -8.31. The van der Waals surface area contributed by atoms with Gasteiger partial charge in [-0.15, -0.1) is 0 Å². The quantitative estimate of drug-likeness (QED) is 0.0126. The van der Waals surface area contributed by atoms with E-state index in [0.29, 0.717) is 6.42 Å². The minimum absolute atomic E-state index is 0.167. The van der Waals surface area contributed by atoms with Gasteiger partial charge in [-0.05, 0) is 31.1 Å². The molecule has 45 heteroatoms. The van der Waals surface area contributed by atoms with Crippen LogP contribution in [0.25, 0.3) is 0 Å². The Balaban J connectivity index is -0.000000136. The summed E-state index contributed by atoms with van der Waals surface area (Å²) < 4.78 is 2.53. The zero-order valence-electron chi connectivity index (χ0n) is 58.4. The van der Waals surface area contributed by atoms with E-state index < -0.39 is 145 Å². The number of carboxylic acid groups (broad SMARTS) is 6. The zero-order chi connectivity index (χ0) is 80.7. The van der Waals surface area contributed by atoms with Crippen LogP contribution in [0.2, 0.25) is 0 Å². The number of aliphatic carboxylic acids is 6. The lowest BCUT2D eigenvalue weighted by molar-refractivity contribution is -0.870. The van der Waals surface area contributed by atoms with Crippen molar-refractivity contribution in [3.8, 4) is 0 Å². The molecule has 0 rings (SSSR count). The van der Waals surface area contributed by atoms with Gasteiger partial charge in [-0.1, -0.05) is 41.0 Å². The average molecular weight is 1440 g/mol. The van der Waals surface area contributed by atoms with Gasteiger partial charge < -0.3 is 171 Å². The first-order valence-corrected chi connectivity index (χ1v) is 28.9. The van der Waals surface area contributed by atoms with Crippen LogP contribution in [0.1, 0.15) is 79.6 Å². The zero-order valence-corrected chi connectivity index (χ0v) is 58.4. The van der Waals surface area contributed by atoms with Gasteiger partial charge in [-0.2, -0.15) is 0 Å². The molecule has 0 saturated heterocycles. The van der Waals surface area contributed by atoms with E-state index in [1.807, 2.05) is 27.7 Å². The van der Waals surface area contributed by atoms with E-state index in [2.05, 4.69) is 78.4 Å². The van der Waals surface area contributed by atoms with E-state index in [9.17, 15) is 104 Å². The van der Waals surface area contributed by atoms with Crippen LogP contribution in [0, 0.1) is 11.8 Å². The highest BCUT2D eigenvalue weighted by atomic mass is 16.5. The molecule has 0 aliphatic heterocycles. The molecule has 6 unspecified atom stereocenters. The molecule has 0 saturated carbocycles. The molecule has 3 amide bonds. The first-order chi connectivity index (χ1) is 43.6. The van der Waals surface area contributed by atoms with Crippen LogP contribution in [0.3, 0.4) is 0 Å². The molecule has 0 aliphatic carbocycles. The van der Waals surface area contributed by atoms with Gasteiger partial charge in [-0.3, -0.25) is 46.6 Å². The number of hydrogen-bond donors (Lipinski definition) is 27. The van der Waals surface area contributed by atoms with Gasteiger partial charge in [0.15, 0.2) is 53.0 Å². The van der Waals surface area contributed by atoms with Crippen molar-refractivity contribution in [2.24, 2.45) is 95.6 Å². The highest BCUT2D eigenvalue weighted by Crippen LogP contribution is 2.29. The number of rotatable bonds is 33. The monoisotopic (exact) mass is 1440 g/mol. The second kappa shape index (κ2) is 51.5. The fourth-order valence-corrected chi connectivity index (χ4v) is 5.71. The standard InChI is InChI=1S/3C8H17N5O6.3C5H14NO.2C5H10O2.C4H8O2/c3*9-4(15)3(14)7(18,1-2-13-6(10)11)8(12,19)5(16)17;3*1-6(2,3)4-5-7;2*1-4(2)3-5(6)7;1-2-3-4(5)6/h3*3,14,18-19H,1-2,12H2,(H2,9,15)(H,16,17)(H4,10,11,13);3*7H,4-5H2,1-3H3;2*4H,3H2,1-2H3,(H,6,7);2-3H2,1H3,(H,5,6)/q;;;3*+1;;;/p-3/t3*3?,7?,8-;;;;;;/m000....../s1. The average Bonchev–Trinajstić information content (AvgIpc) is 0.792. The van der Waals surface area contributed by atoms with Gasteiger partial charge in [-0.25, -0.2) is 14.4 Å². The lowest BCUT2D eigenvalue weighted by Crippen LogP contribution is -2.72. The summed E-state index contributed by atoms with van der Waals surface area (Å²) in [5, 5.41) is 167. The smallest absolute Gasteiger partial charge is 0.354 e. The van der Waals surface area contributed by atoms with E-state index in [1.54, 1.807) is 6.92 Å². The second-order valence-corrected chi connectivity index (χ2v) is 24.8. The third-order valence-corrected chi connectivity index (χ3v) is 11.4. The van der Waals surface area contributed by atoms with Crippen molar-refractivity contribution in [1.82, 2.24) is 0 Å². The molecule has 0 radical (unpaired) electrons. The van der Waals surface area contributed by atoms with E-state index in [4.69, 9.17) is 99.4 Å². The molecule has 0 aromatic heterocycles. The van der Waals surface area contributed by atoms with Crippen molar-refractivity contribution in [3.05, 3.63) is 0 Å². The minimum atomic E-state index is -3.33.